The Morgan fingerprint density at radius 2 is 1.91 bits per heavy atom. The maximum absolute atomic E-state index is 11.2. The summed E-state index contributed by atoms with van der Waals surface area (Å²) in [5.41, 5.74) is 3.12. The third kappa shape index (κ3) is 3.62. The Labute approximate surface area is 131 Å². The van der Waals surface area contributed by atoms with E-state index in [1.807, 2.05) is 0 Å². The van der Waals surface area contributed by atoms with Crippen LogP contribution in [0.4, 0.5) is 0 Å². The minimum atomic E-state index is -0.657. The van der Waals surface area contributed by atoms with Gasteiger partial charge in [-0.15, -0.1) is 0 Å². The monoisotopic (exact) mass is 312 g/mol. The molecule has 0 amide bonds. The molecule has 3 aliphatic rings. The molecule has 2 aliphatic carbocycles. The molecule has 6 unspecified atom stereocenters. The zero-order valence-electron chi connectivity index (χ0n) is 13.3. The lowest BCUT2D eigenvalue weighted by atomic mass is 9.79. The molecular formula is C16H28N2O4. The van der Waals surface area contributed by atoms with Crippen molar-refractivity contribution < 1.29 is 19.5 Å². The standard InChI is InChI=1S/C16H28N2O4/c1-21-13-7-3-5-11(9-13)15-17-14(18-22-15)10-4-2-6-12(8-10)16(19)20/h10-15,17-18H,2-9H2,1H3,(H,19,20). The molecule has 2 saturated carbocycles. The molecule has 0 radical (unpaired) electrons. The van der Waals surface area contributed by atoms with Gasteiger partial charge in [0.2, 0.25) is 0 Å². The highest BCUT2D eigenvalue weighted by Gasteiger charge is 2.39. The van der Waals surface area contributed by atoms with E-state index in [0.717, 1.165) is 44.9 Å². The molecule has 1 saturated heterocycles. The van der Waals surface area contributed by atoms with Crippen molar-refractivity contribution in [1.29, 1.82) is 0 Å². The normalized spacial score (nSPS) is 43.1. The highest BCUT2D eigenvalue weighted by atomic mass is 16.7. The van der Waals surface area contributed by atoms with E-state index in [9.17, 15) is 9.90 Å². The highest BCUT2D eigenvalue weighted by molar-refractivity contribution is 5.70. The molecule has 3 N–H and O–H groups in total. The summed E-state index contributed by atoms with van der Waals surface area (Å²) < 4.78 is 5.50. The summed E-state index contributed by atoms with van der Waals surface area (Å²) in [5.74, 6) is -0.0546. The van der Waals surface area contributed by atoms with Crippen LogP contribution in [0.1, 0.15) is 51.4 Å². The maximum atomic E-state index is 11.2. The number of methoxy groups -OCH3 is 1. The van der Waals surface area contributed by atoms with Crippen LogP contribution in [-0.2, 0) is 14.4 Å². The summed E-state index contributed by atoms with van der Waals surface area (Å²) in [6.45, 7) is 0. The van der Waals surface area contributed by atoms with Gasteiger partial charge in [0.15, 0.2) is 0 Å². The molecule has 0 aromatic rings. The minimum absolute atomic E-state index is 0.0214. The van der Waals surface area contributed by atoms with Crippen LogP contribution in [0.3, 0.4) is 0 Å². The summed E-state index contributed by atoms with van der Waals surface area (Å²) in [5, 5.41) is 12.8. The Kier molecular flexibility index (Phi) is 5.33. The zero-order valence-corrected chi connectivity index (χ0v) is 13.3. The van der Waals surface area contributed by atoms with Gasteiger partial charge in [-0.3, -0.25) is 14.9 Å². The van der Waals surface area contributed by atoms with E-state index in [4.69, 9.17) is 9.57 Å². The summed E-state index contributed by atoms with van der Waals surface area (Å²) in [7, 11) is 1.78. The van der Waals surface area contributed by atoms with E-state index < -0.39 is 5.97 Å². The van der Waals surface area contributed by atoms with Gasteiger partial charge in [0.1, 0.15) is 6.23 Å². The average molecular weight is 312 g/mol. The number of hydroxylamine groups is 1. The number of ether oxygens (including phenoxy) is 1. The molecule has 126 valence electrons. The van der Waals surface area contributed by atoms with E-state index in [0.29, 0.717) is 17.9 Å². The number of rotatable bonds is 4. The van der Waals surface area contributed by atoms with Crippen molar-refractivity contribution in [3.8, 4) is 0 Å². The Hall–Kier alpha value is -0.690. The molecule has 0 aromatic heterocycles. The van der Waals surface area contributed by atoms with Gasteiger partial charge in [-0.05, 0) is 44.4 Å². The summed E-state index contributed by atoms with van der Waals surface area (Å²) in [4.78, 5) is 17.0. The molecule has 0 spiro atoms. The molecule has 0 bridgehead atoms. The lowest BCUT2D eigenvalue weighted by Crippen LogP contribution is -2.45. The fraction of sp³-hybridized carbons (Fsp3) is 0.938. The van der Waals surface area contributed by atoms with Crippen LogP contribution in [0.2, 0.25) is 0 Å². The fourth-order valence-electron chi connectivity index (χ4n) is 4.28. The summed E-state index contributed by atoms with van der Waals surface area (Å²) >= 11 is 0. The van der Waals surface area contributed by atoms with Gasteiger partial charge in [0, 0.05) is 13.0 Å². The predicted molar refractivity (Wildman–Crippen MR) is 80.8 cm³/mol. The first kappa shape index (κ1) is 16.2. The second-order valence-corrected chi connectivity index (χ2v) is 7.05. The second-order valence-electron chi connectivity index (χ2n) is 7.05. The van der Waals surface area contributed by atoms with Crippen molar-refractivity contribution >= 4 is 5.97 Å². The van der Waals surface area contributed by atoms with Crippen LogP contribution >= 0.6 is 0 Å². The number of nitrogens with one attached hydrogen (secondary N) is 2. The van der Waals surface area contributed by atoms with E-state index in [-0.39, 0.29) is 18.3 Å². The number of carboxylic acid groups (broad SMARTS) is 1. The molecule has 6 atom stereocenters. The lowest BCUT2D eigenvalue weighted by molar-refractivity contribution is -0.143. The first-order valence-corrected chi connectivity index (χ1v) is 8.60. The van der Waals surface area contributed by atoms with Gasteiger partial charge >= 0.3 is 5.97 Å². The van der Waals surface area contributed by atoms with Crippen LogP contribution in [0.25, 0.3) is 0 Å². The average Bonchev–Trinajstić information content (AvgIpc) is 3.05. The van der Waals surface area contributed by atoms with Gasteiger partial charge in [-0.25, -0.2) is 0 Å². The minimum Gasteiger partial charge on any atom is -0.481 e. The number of carbonyl (C=O) groups is 1. The molecule has 3 rings (SSSR count). The molecule has 0 aromatic carbocycles. The molecular weight excluding hydrogens is 284 g/mol. The molecule has 6 nitrogen and oxygen atoms in total. The van der Waals surface area contributed by atoms with Crippen molar-refractivity contribution in [1.82, 2.24) is 10.8 Å². The van der Waals surface area contributed by atoms with Gasteiger partial charge in [0.05, 0.1) is 18.2 Å². The topological polar surface area (TPSA) is 79.8 Å². The van der Waals surface area contributed by atoms with Crippen molar-refractivity contribution in [2.24, 2.45) is 17.8 Å². The molecule has 6 heteroatoms. The van der Waals surface area contributed by atoms with Gasteiger partial charge < -0.3 is 9.84 Å². The summed E-state index contributed by atoms with van der Waals surface area (Å²) in [6, 6.07) is 0. The van der Waals surface area contributed by atoms with E-state index in [2.05, 4.69) is 10.8 Å². The lowest BCUT2D eigenvalue weighted by Gasteiger charge is -2.32. The molecule has 22 heavy (non-hydrogen) atoms. The SMILES string of the molecule is COC1CCCC(C2NC(C3CCCC(C(=O)O)C3)NO2)C1. The Bertz CT molecular complexity index is 392. The molecule has 1 aliphatic heterocycles. The van der Waals surface area contributed by atoms with Crippen molar-refractivity contribution in [2.75, 3.05) is 7.11 Å². The largest absolute Gasteiger partial charge is 0.481 e. The number of hydrogen-bond donors (Lipinski definition) is 3. The predicted octanol–water partition coefficient (Wildman–Crippen LogP) is 1.86. The van der Waals surface area contributed by atoms with Crippen LogP contribution in [0.15, 0.2) is 0 Å². The Morgan fingerprint density at radius 1 is 1.14 bits per heavy atom. The molecule has 1 heterocycles. The zero-order chi connectivity index (χ0) is 15.5. The molecule has 3 fully saturated rings. The van der Waals surface area contributed by atoms with Crippen LogP contribution < -0.4 is 10.8 Å². The second kappa shape index (κ2) is 7.25. The first-order valence-electron chi connectivity index (χ1n) is 8.60. The third-order valence-corrected chi connectivity index (χ3v) is 5.63. The first-order chi connectivity index (χ1) is 10.7. The maximum Gasteiger partial charge on any atom is 0.306 e. The van der Waals surface area contributed by atoms with Gasteiger partial charge in [-0.2, -0.15) is 5.48 Å². The van der Waals surface area contributed by atoms with Crippen LogP contribution in [-0.4, -0.2) is 36.7 Å². The van der Waals surface area contributed by atoms with Gasteiger partial charge in [-0.1, -0.05) is 12.8 Å². The van der Waals surface area contributed by atoms with Crippen molar-refractivity contribution in [2.45, 2.75) is 69.9 Å². The number of aliphatic carboxylic acids is 1. The van der Waals surface area contributed by atoms with E-state index >= 15 is 0 Å². The fourth-order valence-corrected chi connectivity index (χ4v) is 4.28. The van der Waals surface area contributed by atoms with Crippen molar-refractivity contribution in [3.05, 3.63) is 0 Å². The van der Waals surface area contributed by atoms with E-state index in [1.54, 1.807) is 7.11 Å². The smallest absolute Gasteiger partial charge is 0.306 e. The van der Waals surface area contributed by atoms with Crippen molar-refractivity contribution in [3.63, 3.8) is 0 Å². The highest BCUT2D eigenvalue weighted by Crippen LogP contribution is 2.34. The quantitative estimate of drug-likeness (QED) is 0.735. The number of hydrogen-bond acceptors (Lipinski definition) is 5. The third-order valence-electron chi connectivity index (χ3n) is 5.63. The summed E-state index contributed by atoms with van der Waals surface area (Å²) in [6.07, 6.45) is 8.55. The Morgan fingerprint density at radius 3 is 2.68 bits per heavy atom. The van der Waals surface area contributed by atoms with Crippen LogP contribution in [0.5, 0.6) is 0 Å². The Balaban J connectivity index is 1.52. The van der Waals surface area contributed by atoms with Crippen LogP contribution in [0, 0.1) is 17.8 Å². The number of carboxylic acids is 1. The van der Waals surface area contributed by atoms with Gasteiger partial charge in [0.25, 0.3) is 0 Å². The van der Waals surface area contributed by atoms with E-state index in [1.165, 1.54) is 6.42 Å².